The van der Waals surface area contributed by atoms with Crippen molar-refractivity contribution in [1.82, 2.24) is 4.90 Å². The molecule has 158 valence electrons. The van der Waals surface area contributed by atoms with Gasteiger partial charge in [0, 0.05) is 13.1 Å². The Morgan fingerprint density at radius 2 is 1.73 bits per heavy atom. The summed E-state index contributed by atoms with van der Waals surface area (Å²) < 4.78 is 38.9. The lowest BCUT2D eigenvalue weighted by Crippen LogP contribution is -2.53. The van der Waals surface area contributed by atoms with Gasteiger partial charge in [-0.2, -0.15) is 0 Å². The third kappa shape index (κ3) is 4.20. The van der Waals surface area contributed by atoms with Crippen LogP contribution in [-0.4, -0.2) is 62.2 Å². The Morgan fingerprint density at radius 3 is 2.47 bits per heavy atom. The molecule has 9 heteroatoms. The van der Waals surface area contributed by atoms with Crippen molar-refractivity contribution < 1.29 is 27.8 Å². The summed E-state index contributed by atoms with van der Waals surface area (Å²) in [5.41, 5.74) is 0.137. The van der Waals surface area contributed by atoms with E-state index in [1.54, 1.807) is 34.1 Å². The van der Waals surface area contributed by atoms with Crippen LogP contribution in [0.4, 0.5) is 20.2 Å². The fourth-order valence-electron chi connectivity index (χ4n) is 3.54. The van der Waals surface area contributed by atoms with Crippen LogP contribution in [0.15, 0.2) is 42.5 Å². The first kappa shape index (κ1) is 20.1. The highest BCUT2D eigenvalue weighted by Gasteiger charge is 2.34. The second-order valence-electron chi connectivity index (χ2n) is 7.04. The van der Waals surface area contributed by atoms with Crippen LogP contribution in [0, 0.1) is 11.6 Å². The molecule has 2 aromatic rings. The number of fused-ring (bicyclic) bond motifs is 1. The molecule has 1 atom stereocenters. The van der Waals surface area contributed by atoms with E-state index in [-0.39, 0.29) is 19.0 Å². The minimum absolute atomic E-state index is 0.139. The molecule has 30 heavy (non-hydrogen) atoms. The van der Waals surface area contributed by atoms with Gasteiger partial charge in [-0.05, 0) is 24.3 Å². The van der Waals surface area contributed by atoms with E-state index in [2.05, 4.69) is 5.32 Å². The van der Waals surface area contributed by atoms with Crippen LogP contribution in [0.2, 0.25) is 0 Å². The summed E-state index contributed by atoms with van der Waals surface area (Å²) in [7, 11) is 0. The summed E-state index contributed by atoms with van der Waals surface area (Å²) in [6.45, 7) is 1.84. The molecule has 0 radical (unpaired) electrons. The molecular formula is C21H21F2N3O4. The van der Waals surface area contributed by atoms with E-state index in [0.717, 1.165) is 12.1 Å². The molecule has 2 amide bonds. The van der Waals surface area contributed by atoms with Gasteiger partial charge < -0.3 is 24.6 Å². The van der Waals surface area contributed by atoms with Crippen molar-refractivity contribution in [2.24, 2.45) is 0 Å². The zero-order valence-electron chi connectivity index (χ0n) is 16.1. The average molecular weight is 417 g/mol. The van der Waals surface area contributed by atoms with Gasteiger partial charge in [0.05, 0.1) is 32.0 Å². The number of nitrogens with one attached hydrogen (secondary N) is 1. The van der Waals surface area contributed by atoms with Gasteiger partial charge >= 0.3 is 0 Å². The molecule has 0 saturated carbocycles. The standard InChI is InChI=1S/C21H21F2N3O4/c22-14-4-3-5-15(23)20(14)24-19(27)13-26-12-18(21(28)25-8-10-29-11-9-25)30-17-7-2-1-6-16(17)26/h1-7,18H,8-13H2,(H,24,27)/t18-/m1/s1. The van der Waals surface area contributed by atoms with E-state index in [0.29, 0.717) is 37.7 Å². The third-order valence-electron chi connectivity index (χ3n) is 5.02. The van der Waals surface area contributed by atoms with Gasteiger partial charge in [0.25, 0.3) is 5.91 Å². The predicted octanol–water partition coefficient (Wildman–Crippen LogP) is 2.03. The number of carbonyl (C=O) groups excluding carboxylic acids is 2. The molecule has 0 spiro atoms. The molecule has 1 N–H and O–H groups in total. The summed E-state index contributed by atoms with van der Waals surface area (Å²) >= 11 is 0. The number of amides is 2. The number of para-hydroxylation sites is 3. The van der Waals surface area contributed by atoms with E-state index >= 15 is 0 Å². The first-order valence-corrected chi connectivity index (χ1v) is 9.64. The van der Waals surface area contributed by atoms with Crippen molar-refractivity contribution >= 4 is 23.2 Å². The maximum Gasteiger partial charge on any atom is 0.265 e. The Hall–Kier alpha value is -3.20. The Kier molecular flexibility index (Phi) is 5.80. The number of halogens is 2. The van der Waals surface area contributed by atoms with Gasteiger partial charge in [0.1, 0.15) is 23.1 Å². The van der Waals surface area contributed by atoms with Gasteiger partial charge in [0.2, 0.25) is 5.91 Å². The summed E-state index contributed by atoms with van der Waals surface area (Å²) in [4.78, 5) is 28.8. The largest absolute Gasteiger partial charge is 0.477 e. The average Bonchev–Trinajstić information content (AvgIpc) is 2.76. The fraction of sp³-hybridized carbons (Fsp3) is 0.333. The smallest absolute Gasteiger partial charge is 0.265 e. The van der Waals surface area contributed by atoms with Crippen molar-refractivity contribution in [1.29, 1.82) is 0 Å². The van der Waals surface area contributed by atoms with Gasteiger partial charge in [-0.25, -0.2) is 8.78 Å². The Bertz CT molecular complexity index is 929. The molecule has 0 bridgehead atoms. The molecule has 2 aromatic carbocycles. The van der Waals surface area contributed by atoms with Gasteiger partial charge in [-0.15, -0.1) is 0 Å². The van der Waals surface area contributed by atoms with Crippen LogP contribution in [0.25, 0.3) is 0 Å². The monoisotopic (exact) mass is 417 g/mol. The normalized spacial score (nSPS) is 18.4. The molecule has 0 unspecified atom stereocenters. The number of ether oxygens (including phenoxy) is 2. The maximum absolute atomic E-state index is 13.9. The number of anilines is 2. The second kappa shape index (κ2) is 8.66. The van der Waals surface area contributed by atoms with Crippen LogP contribution < -0.4 is 15.0 Å². The number of benzene rings is 2. The SMILES string of the molecule is O=C(CN1C[C@H](C(=O)N2CCOCC2)Oc2ccccc21)Nc1c(F)cccc1F. The van der Waals surface area contributed by atoms with Gasteiger partial charge in [-0.3, -0.25) is 9.59 Å². The minimum Gasteiger partial charge on any atom is -0.477 e. The highest BCUT2D eigenvalue weighted by atomic mass is 19.1. The highest BCUT2D eigenvalue weighted by molar-refractivity contribution is 5.95. The summed E-state index contributed by atoms with van der Waals surface area (Å²) in [6.07, 6.45) is -0.795. The fourth-order valence-corrected chi connectivity index (χ4v) is 3.54. The van der Waals surface area contributed by atoms with Crippen molar-refractivity contribution in [2.75, 3.05) is 49.6 Å². The van der Waals surface area contributed by atoms with E-state index in [9.17, 15) is 18.4 Å². The molecule has 1 saturated heterocycles. The lowest BCUT2D eigenvalue weighted by Gasteiger charge is -2.38. The topological polar surface area (TPSA) is 71.1 Å². The van der Waals surface area contributed by atoms with Crippen LogP contribution >= 0.6 is 0 Å². The lowest BCUT2D eigenvalue weighted by molar-refractivity contribution is -0.142. The second-order valence-corrected chi connectivity index (χ2v) is 7.04. The van der Waals surface area contributed by atoms with Crippen LogP contribution in [-0.2, 0) is 14.3 Å². The van der Waals surface area contributed by atoms with Crippen LogP contribution in [0.1, 0.15) is 0 Å². The Morgan fingerprint density at radius 1 is 1.03 bits per heavy atom. The number of rotatable bonds is 4. The molecule has 2 heterocycles. The molecule has 4 rings (SSSR count). The Labute approximate surface area is 172 Å². The quantitative estimate of drug-likeness (QED) is 0.825. The third-order valence-corrected chi connectivity index (χ3v) is 5.02. The number of nitrogens with zero attached hydrogens (tertiary/aromatic N) is 2. The molecule has 7 nitrogen and oxygen atoms in total. The summed E-state index contributed by atoms with van der Waals surface area (Å²) in [5.74, 6) is -2.02. The summed E-state index contributed by atoms with van der Waals surface area (Å²) in [6, 6.07) is 10.4. The zero-order valence-corrected chi connectivity index (χ0v) is 16.1. The van der Waals surface area contributed by atoms with Gasteiger partial charge in [0.15, 0.2) is 6.10 Å². The van der Waals surface area contributed by atoms with Crippen molar-refractivity contribution in [3.63, 3.8) is 0 Å². The Balaban J connectivity index is 1.51. The van der Waals surface area contributed by atoms with Crippen molar-refractivity contribution in [3.05, 3.63) is 54.1 Å². The van der Waals surface area contributed by atoms with Crippen molar-refractivity contribution in [2.45, 2.75) is 6.10 Å². The van der Waals surface area contributed by atoms with E-state index in [4.69, 9.17) is 9.47 Å². The molecule has 1 fully saturated rings. The van der Waals surface area contributed by atoms with Crippen LogP contribution in [0.5, 0.6) is 5.75 Å². The number of hydrogen-bond donors (Lipinski definition) is 1. The number of hydrogen-bond acceptors (Lipinski definition) is 5. The highest BCUT2D eigenvalue weighted by Crippen LogP contribution is 2.33. The maximum atomic E-state index is 13.9. The zero-order chi connectivity index (χ0) is 21.1. The minimum atomic E-state index is -0.855. The number of morpholine rings is 1. The van der Waals surface area contributed by atoms with E-state index in [1.807, 2.05) is 0 Å². The van der Waals surface area contributed by atoms with Crippen molar-refractivity contribution in [3.8, 4) is 5.75 Å². The van der Waals surface area contributed by atoms with E-state index < -0.39 is 29.3 Å². The lowest BCUT2D eigenvalue weighted by atomic mass is 10.1. The molecule has 2 aliphatic heterocycles. The molecule has 2 aliphatic rings. The molecular weight excluding hydrogens is 396 g/mol. The first-order chi connectivity index (χ1) is 14.5. The molecule has 0 aromatic heterocycles. The van der Waals surface area contributed by atoms with E-state index in [1.165, 1.54) is 6.07 Å². The molecule has 0 aliphatic carbocycles. The predicted molar refractivity (Wildman–Crippen MR) is 105 cm³/mol. The first-order valence-electron chi connectivity index (χ1n) is 9.64. The number of carbonyl (C=O) groups is 2. The summed E-state index contributed by atoms with van der Waals surface area (Å²) in [5, 5.41) is 2.28. The van der Waals surface area contributed by atoms with Gasteiger partial charge in [-0.1, -0.05) is 18.2 Å². The van der Waals surface area contributed by atoms with Crippen LogP contribution in [0.3, 0.4) is 0 Å².